The van der Waals surface area contributed by atoms with Gasteiger partial charge in [-0.1, -0.05) is 42.5 Å². The molecule has 0 atom stereocenters. The molecular formula is C17H12O5S. The highest BCUT2D eigenvalue weighted by Crippen LogP contribution is 2.26. The Morgan fingerprint density at radius 2 is 1.48 bits per heavy atom. The number of hydrogen-bond donors (Lipinski definition) is 0. The average molecular weight is 328 g/mol. The summed E-state index contributed by atoms with van der Waals surface area (Å²) in [6.45, 7) is 1.62. The van der Waals surface area contributed by atoms with Crippen LogP contribution in [0.1, 0.15) is 26.3 Å². The smallest absolute Gasteiger partial charge is 0.339 e. The first-order chi connectivity index (χ1) is 10.9. The van der Waals surface area contributed by atoms with Crippen molar-refractivity contribution in [2.45, 2.75) is 11.8 Å². The van der Waals surface area contributed by atoms with Crippen LogP contribution in [0.4, 0.5) is 0 Å². The van der Waals surface area contributed by atoms with Gasteiger partial charge in [0, 0.05) is 17.2 Å². The lowest BCUT2D eigenvalue weighted by Crippen LogP contribution is -2.21. The van der Waals surface area contributed by atoms with Gasteiger partial charge in [-0.2, -0.15) is 8.42 Å². The van der Waals surface area contributed by atoms with Crippen LogP contribution in [0.5, 0.6) is 0 Å². The van der Waals surface area contributed by atoms with Crippen molar-refractivity contribution in [3.05, 3.63) is 77.1 Å². The van der Waals surface area contributed by atoms with Gasteiger partial charge < -0.3 is 4.18 Å². The van der Waals surface area contributed by atoms with E-state index in [2.05, 4.69) is 0 Å². The highest BCUT2D eigenvalue weighted by molar-refractivity contribution is 7.87. The van der Waals surface area contributed by atoms with E-state index in [1.807, 2.05) is 0 Å². The molecule has 0 amide bonds. The third-order valence-electron chi connectivity index (χ3n) is 3.49. The molecule has 116 valence electrons. The first-order valence-corrected chi connectivity index (χ1v) is 8.21. The molecule has 0 spiro atoms. The molecular weight excluding hydrogens is 316 g/mol. The molecule has 0 bridgehead atoms. The van der Waals surface area contributed by atoms with Crippen LogP contribution in [0.25, 0.3) is 0 Å². The van der Waals surface area contributed by atoms with E-state index < -0.39 is 27.4 Å². The van der Waals surface area contributed by atoms with E-state index in [9.17, 15) is 18.0 Å². The van der Waals surface area contributed by atoms with Crippen molar-refractivity contribution in [3.8, 4) is 0 Å². The average Bonchev–Trinajstić information content (AvgIpc) is 2.52. The Bertz CT molecular complexity index is 954. The van der Waals surface area contributed by atoms with Gasteiger partial charge in [0.15, 0.2) is 11.5 Å². The molecule has 0 saturated heterocycles. The summed E-state index contributed by atoms with van der Waals surface area (Å²) in [6.07, 6.45) is 0.917. The molecule has 2 aromatic carbocycles. The number of carbonyl (C=O) groups excluding carboxylic acids is 2. The molecule has 3 rings (SSSR count). The summed E-state index contributed by atoms with van der Waals surface area (Å²) in [6, 6.07) is 12.5. The van der Waals surface area contributed by atoms with Gasteiger partial charge in [-0.25, -0.2) is 0 Å². The van der Waals surface area contributed by atoms with E-state index in [0.29, 0.717) is 5.56 Å². The SMILES string of the molecule is Cc1ccccc1S(=O)(=O)OC1=CC(=O)c2ccccc2C1=O. The monoisotopic (exact) mass is 328 g/mol. The van der Waals surface area contributed by atoms with Gasteiger partial charge in [-0.05, 0) is 18.6 Å². The van der Waals surface area contributed by atoms with Crippen LogP contribution in [0, 0.1) is 6.92 Å². The molecule has 1 aliphatic carbocycles. The lowest BCUT2D eigenvalue weighted by molar-refractivity contribution is 0.0948. The molecule has 1 aliphatic rings. The molecule has 0 fully saturated rings. The van der Waals surface area contributed by atoms with Gasteiger partial charge in [0.25, 0.3) is 0 Å². The van der Waals surface area contributed by atoms with Gasteiger partial charge in [0.05, 0.1) is 0 Å². The number of aryl methyl sites for hydroxylation is 1. The second-order valence-corrected chi connectivity index (χ2v) is 6.57. The zero-order chi connectivity index (χ0) is 16.6. The summed E-state index contributed by atoms with van der Waals surface area (Å²) in [5.41, 5.74) is 0.858. The first-order valence-electron chi connectivity index (χ1n) is 6.80. The molecule has 0 aliphatic heterocycles. The maximum atomic E-state index is 12.4. The summed E-state index contributed by atoms with van der Waals surface area (Å²) >= 11 is 0. The van der Waals surface area contributed by atoms with Crippen molar-refractivity contribution >= 4 is 21.7 Å². The Kier molecular flexibility index (Phi) is 3.61. The van der Waals surface area contributed by atoms with Crippen LogP contribution in [-0.4, -0.2) is 20.0 Å². The molecule has 0 saturated carbocycles. The summed E-state index contributed by atoms with van der Waals surface area (Å²) in [5.74, 6) is -1.58. The number of carbonyl (C=O) groups is 2. The zero-order valence-electron chi connectivity index (χ0n) is 12.1. The van der Waals surface area contributed by atoms with Gasteiger partial charge >= 0.3 is 10.1 Å². The van der Waals surface area contributed by atoms with E-state index in [-0.39, 0.29) is 16.0 Å². The molecule has 0 aromatic heterocycles. The normalized spacial score (nSPS) is 14.2. The Labute approximate surface area is 133 Å². The number of rotatable bonds is 3. The van der Waals surface area contributed by atoms with E-state index in [1.165, 1.54) is 18.2 Å². The van der Waals surface area contributed by atoms with Gasteiger partial charge in [-0.15, -0.1) is 0 Å². The lowest BCUT2D eigenvalue weighted by atomic mass is 9.94. The van der Waals surface area contributed by atoms with Crippen LogP contribution in [0.3, 0.4) is 0 Å². The summed E-state index contributed by atoms with van der Waals surface area (Å²) in [4.78, 5) is 24.3. The van der Waals surface area contributed by atoms with E-state index in [1.54, 1.807) is 37.3 Å². The summed E-state index contributed by atoms with van der Waals surface area (Å²) in [7, 11) is -4.19. The van der Waals surface area contributed by atoms with E-state index >= 15 is 0 Å². The van der Waals surface area contributed by atoms with Crippen LogP contribution in [-0.2, 0) is 14.3 Å². The van der Waals surface area contributed by atoms with Crippen LogP contribution in [0.2, 0.25) is 0 Å². The number of allylic oxidation sites excluding steroid dienone is 2. The summed E-state index contributed by atoms with van der Waals surface area (Å²) < 4.78 is 29.7. The molecule has 0 unspecified atom stereocenters. The Hall–Kier alpha value is -2.73. The Balaban J connectivity index is 2.00. The minimum atomic E-state index is -4.19. The highest BCUT2D eigenvalue weighted by atomic mass is 32.2. The number of fused-ring (bicyclic) bond motifs is 1. The number of ketones is 2. The van der Waals surface area contributed by atoms with Crippen LogP contribution < -0.4 is 0 Å². The third-order valence-corrected chi connectivity index (χ3v) is 4.88. The fraction of sp³-hybridized carbons (Fsp3) is 0.0588. The quantitative estimate of drug-likeness (QED) is 0.810. The summed E-state index contributed by atoms with van der Waals surface area (Å²) in [5, 5.41) is 0. The number of hydrogen-bond acceptors (Lipinski definition) is 5. The molecule has 5 nitrogen and oxygen atoms in total. The Morgan fingerprint density at radius 1 is 0.870 bits per heavy atom. The van der Waals surface area contributed by atoms with Crippen molar-refractivity contribution in [1.29, 1.82) is 0 Å². The van der Waals surface area contributed by atoms with Crippen LogP contribution >= 0.6 is 0 Å². The fourth-order valence-corrected chi connectivity index (χ4v) is 3.51. The van der Waals surface area contributed by atoms with Crippen molar-refractivity contribution in [2.75, 3.05) is 0 Å². The fourth-order valence-electron chi connectivity index (χ4n) is 2.35. The minimum Gasteiger partial charge on any atom is -0.375 e. The lowest BCUT2D eigenvalue weighted by Gasteiger charge is -2.16. The van der Waals surface area contributed by atoms with Crippen LogP contribution in [0.15, 0.2) is 65.3 Å². The maximum Gasteiger partial charge on any atom is 0.339 e. The number of benzene rings is 2. The first kappa shape index (κ1) is 15.2. The highest BCUT2D eigenvalue weighted by Gasteiger charge is 2.30. The molecule has 0 heterocycles. The molecule has 23 heavy (non-hydrogen) atoms. The second-order valence-electron chi connectivity index (χ2n) is 5.05. The van der Waals surface area contributed by atoms with Crippen molar-refractivity contribution in [1.82, 2.24) is 0 Å². The third kappa shape index (κ3) is 2.68. The van der Waals surface area contributed by atoms with Gasteiger partial charge in [0.2, 0.25) is 5.78 Å². The van der Waals surface area contributed by atoms with Crippen molar-refractivity contribution in [3.63, 3.8) is 0 Å². The van der Waals surface area contributed by atoms with Crippen molar-refractivity contribution in [2.24, 2.45) is 0 Å². The molecule has 0 radical (unpaired) electrons. The van der Waals surface area contributed by atoms with Crippen molar-refractivity contribution < 1.29 is 22.2 Å². The van der Waals surface area contributed by atoms with E-state index in [4.69, 9.17) is 4.18 Å². The molecule has 0 N–H and O–H groups in total. The molecule has 6 heteroatoms. The van der Waals surface area contributed by atoms with E-state index in [0.717, 1.165) is 6.08 Å². The van der Waals surface area contributed by atoms with Gasteiger partial charge in [0.1, 0.15) is 4.90 Å². The minimum absolute atomic E-state index is 0.0417. The molecule has 2 aromatic rings. The standard InChI is InChI=1S/C17H12O5S/c1-11-6-2-5-9-16(11)23(20,21)22-15-10-14(18)12-7-3-4-8-13(12)17(15)19/h2-10H,1H3. The maximum absolute atomic E-state index is 12.4. The Morgan fingerprint density at radius 3 is 2.17 bits per heavy atom. The van der Waals surface area contributed by atoms with Gasteiger partial charge in [-0.3, -0.25) is 9.59 Å². The zero-order valence-corrected chi connectivity index (χ0v) is 13.0. The predicted molar refractivity (Wildman–Crippen MR) is 82.6 cm³/mol. The topological polar surface area (TPSA) is 77.5 Å². The largest absolute Gasteiger partial charge is 0.375 e. The number of Topliss-reactive ketones (excluding diaryl/α,β-unsaturated/α-hetero) is 1. The second kappa shape index (κ2) is 5.48. The predicted octanol–water partition coefficient (Wildman–Crippen LogP) is 2.66.